The summed E-state index contributed by atoms with van der Waals surface area (Å²) in [7, 11) is 1.62. The molecule has 2 rings (SSSR count). The van der Waals surface area contributed by atoms with Gasteiger partial charge in [0.2, 0.25) is 6.29 Å². The van der Waals surface area contributed by atoms with E-state index in [9.17, 15) is 4.79 Å². The number of ether oxygens (including phenoxy) is 2. The molecule has 3 heteroatoms. The summed E-state index contributed by atoms with van der Waals surface area (Å²) in [5.74, 6) is 1.46. The molecule has 0 amide bonds. The highest BCUT2D eigenvalue weighted by Crippen LogP contribution is 2.15. The summed E-state index contributed by atoms with van der Waals surface area (Å²) in [5, 5.41) is 0. The van der Waals surface area contributed by atoms with E-state index in [1.165, 1.54) is 0 Å². The Kier molecular flexibility index (Phi) is 4.56. The summed E-state index contributed by atoms with van der Waals surface area (Å²) in [6.07, 6.45) is 1.81. The molecule has 1 unspecified atom stereocenters. The van der Waals surface area contributed by atoms with E-state index >= 15 is 0 Å². The Labute approximate surface area is 112 Å². The number of rotatable bonds is 6. The van der Waals surface area contributed by atoms with Crippen LogP contribution in [0.5, 0.6) is 11.5 Å². The van der Waals surface area contributed by atoms with Crippen LogP contribution in [0.2, 0.25) is 0 Å². The quantitative estimate of drug-likeness (QED) is 0.796. The molecule has 0 heterocycles. The zero-order chi connectivity index (χ0) is 13.5. The van der Waals surface area contributed by atoms with Crippen LogP contribution in [0.4, 0.5) is 0 Å². The fourth-order valence-corrected chi connectivity index (χ4v) is 1.75. The highest BCUT2D eigenvalue weighted by molar-refractivity contribution is 5.58. The van der Waals surface area contributed by atoms with Crippen molar-refractivity contribution in [2.45, 2.75) is 12.5 Å². The lowest BCUT2D eigenvalue weighted by Crippen LogP contribution is -2.21. The Morgan fingerprint density at radius 1 is 1.00 bits per heavy atom. The smallest absolute Gasteiger partial charge is 0.243 e. The van der Waals surface area contributed by atoms with Crippen molar-refractivity contribution in [2.24, 2.45) is 0 Å². The Hall–Kier alpha value is -2.29. The highest BCUT2D eigenvalue weighted by Gasteiger charge is 2.11. The summed E-state index contributed by atoms with van der Waals surface area (Å²) in [5.41, 5.74) is 1.00. The number of methoxy groups -OCH3 is 1. The van der Waals surface area contributed by atoms with Crippen LogP contribution >= 0.6 is 0 Å². The molecule has 0 saturated heterocycles. The number of benzene rings is 2. The van der Waals surface area contributed by atoms with Gasteiger partial charge in [-0.1, -0.05) is 30.3 Å². The molecule has 0 aliphatic rings. The molecule has 2 aromatic rings. The van der Waals surface area contributed by atoms with Crippen molar-refractivity contribution in [3.8, 4) is 11.5 Å². The van der Waals surface area contributed by atoms with Gasteiger partial charge in [0.25, 0.3) is 0 Å². The third-order valence-electron chi connectivity index (χ3n) is 2.73. The SMILES string of the molecule is COc1ccc(CC([C]=O)Oc2ccccc2)cc1. The summed E-state index contributed by atoms with van der Waals surface area (Å²) in [6, 6.07) is 16.8. The lowest BCUT2D eigenvalue weighted by molar-refractivity contribution is 0.259. The summed E-state index contributed by atoms with van der Waals surface area (Å²) >= 11 is 0. The van der Waals surface area contributed by atoms with E-state index in [1.54, 1.807) is 7.11 Å². The Morgan fingerprint density at radius 2 is 1.68 bits per heavy atom. The Morgan fingerprint density at radius 3 is 2.26 bits per heavy atom. The van der Waals surface area contributed by atoms with Crippen LogP contribution in [-0.4, -0.2) is 19.5 Å². The second kappa shape index (κ2) is 6.59. The molecule has 1 radical (unpaired) electrons. The molecule has 0 aliphatic carbocycles. The van der Waals surface area contributed by atoms with Gasteiger partial charge in [-0.15, -0.1) is 0 Å². The molecular formula is C16H15O3. The Balaban J connectivity index is 2.00. The van der Waals surface area contributed by atoms with E-state index in [4.69, 9.17) is 9.47 Å². The summed E-state index contributed by atoms with van der Waals surface area (Å²) < 4.78 is 10.7. The lowest BCUT2D eigenvalue weighted by Gasteiger charge is -2.13. The third-order valence-corrected chi connectivity index (χ3v) is 2.73. The predicted molar refractivity (Wildman–Crippen MR) is 73.2 cm³/mol. The fourth-order valence-electron chi connectivity index (χ4n) is 1.75. The maximum atomic E-state index is 11.0. The van der Waals surface area contributed by atoms with Crippen LogP contribution in [0.15, 0.2) is 54.6 Å². The number of hydrogen-bond donors (Lipinski definition) is 0. The molecule has 0 bridgehead atoms. The number of para-hydroxylation sites is 1. The average Bonchev–Trinajstić information content (AvgIpc) is 2.48. The van der Waals surface area contributed by atoms with Crippen molar-refractivity contribution in [3.63, 3.8) is 0 Å². The van der Waals surface area contributed by atoms with E-state index in [-0.39, 0.29) is 0 Å². The first-order valence-corrected chi connectivity index (χ1v) is 6.04. The van der Waals surface area contributed by atoms with Crippen molar-refractivity contribution in [3.05, 3.63) is 60.2 Å². The van der Waals surface area contributed by atoms with E-state index in [0.717, 1.165) is 11.3 Å². The molecule has 0 saturated carbocycles. The predicted octanol–water partition coefficient (Wildman–Crippen LogP) is 2.80. The zero-order valence-corrected chi connectivity index (χ0v) is 10.7. The first kappa shape index (κ1) is 13.1. The average molecular weight is 255 g/mol. The molecule has 3 nitrogen and oxygen atoms in total. The van der Waals surface area contributed by atoms with E-state index < -0.39 is 6.10 Å². The van der Waals surface area contributed by atoms with Gasteiger partial charge in [0.05, 0.1) is 7.11 Å². The van der Waals surface area contributed by atoms with Gasteiger partial charge >= 0.3 is 0 Å². The van der Waals surface area contributed by atoms with Crippen LogP contribution in [0, 0.1) is 0 Å². The first-order chi connectivity index (χ1) is 9.31. The van der Waals surface area contributed by atoms with Crippen molar-refractivity contribution in [2.75, 3.05) is 7.11 Å². The topological polar surface area (TPSA) is 35.5 Å². The van der Waals surface area contributed by atoms with Gasteiger partial charge in [-0.3, -0.25) is 4.79 Å². The number of carbonyl (C=O) groups excluding carboxylic acids is 1. The van der Waals surface area contributed by atoms with Gasteiger partial charge in [0.1, 0.15) is 11.5 Å². The minimum atomic E-state index is -0.601. The van der Waals surface area contributed by atoms with Crippen LogP contribution in [0.1, 0.15) is 5.56 Å². The van der Waals surface area contributed by atoms with Crippen LogP contribution < -0.4 is 9.47 Å². The largest absolute Gasteiger partial charge is 0.497 e. The Bertz CT molecular complexity index is 505. The second-order valence-corrected chi connectivity index (χ2v) is 4.09. The maximum Gasteiger partial charge on any atom is 0.243 e. The molecule has 0 spiro atoms. The molecule has 2 aromatic carbocycles. The molecular weight excluding hydrogens is 240 g/mol. The molecule has 1 atom stereocenters. The lowest BCUT2D eigenvalue weighted by atomic mass is 10.1. The minimum absolute atomic E-state index is 0.488. The minimum Gasteiger partial charge on any atom is -0.497 e. The zero-order valence-electron chi connectivity index (χ0n) is 10.7. The molecule has 0 aliphatic heterocycles. The van der Waals surface area contributed by atoms with Gasteiger partial charge in [-0.05, 0) is 29.8 Å². The molecule has 0 fully saturated rings. The third kappa shape index (κ3) is 3.85. The normalized spacial score (nSPS) is 11.6. The van der Waals surface area contributed by atoms with Gasteiger partial charge < -0.3 is 9.47 Å². The summed E-state index contributed by atoms with van der Waals surface area (Å²) in [4.78, 5) is 11.0. The van der Waals surface area contributed by atoms with Crippen molar-refractivity contribution in [1.29, 1.82) is 0 Å². The van der Waals surface area contributed by atoms with Crippen molar-refractivity contribution >= 4 is 6.29 Å². The monoisotopic (exact) mass is 255 g/mol. The number of hydrogen-bond acceptors (Lipinski definition) is 3. The van der Waals surface area contributed by atoms with Gasteiger partial charge in [0, 0.05) is 6.42 Å². The fraction of sp³-hybridized carbons (Fsp3) is 0.188. The second-order valence-electron chi connectivity index (χ2n) is 4.09. The van der Waals surface area contributed by atoms with Crippen LogP contribution in [-0.2, 0) is 11.2 Å². The van der Waals surface area contributed by atoms with Gasteiger partial charge in [0.15, 0.2) is 6.10 Å². The van der Waals surface area contributed by atoms with Gasteiger partial charge in [-0.2, -0.15) is 0 Å². The van der Waals surface area contributed by atoms with E-state index in [2.05, 4.69) is 0 Å². The molecule has 0 N–H and O–H groups in total. The van der Waals surface area contributed by atoms with Crippen molar-refractivity contribution < 1.29 is 14.3 Å². The molecule has 97 valence electrons. The van der Waals surface area contributed by atoms with Crippen molar-refractivity contribution in [1.82, 2.24) is 0 Å². The van der Waals surface area contributed by atoms with E-state index in [0.29, 0.717) is 12.2 Å². The van der Waals surface area contributed by atoms with Gasteiger partial charge in [-0.25, -0.2) is 0 Å². The molecule has 19 heavy (non-hydrogen) atoms. The molecule has 0 aromatic heterocycles. The standard InChI is InChI=1S/C16H15O3/c1-18-14-9-7-13(8-10-14)11-16(12-17)19-15-5-3-2-4-6-15/h2-10,16H,11H2,1H3. The highest BCUT2D eigenvalue weighted by atomic mass is 16.5. The summed E-state index contributed by atoms with van der Waals surface area (Å²) in [6.45, 7) is 0. The first-order valence-electron chi connectivity index (χ1n) is 6.04. The van der Waals surface area contributed by atoms with Crippen LogP contribution in [0.3, 0.4) is 0 Å². The maximum absolute atomic E-state index is 11.0. The van der Waals surface area contributed by atoms with Crippen LogP contribution in [0.25, 0.3) is 0 Å². The van der Waals surface area contributed by atoms with E-state index in [1.807, 2.05) is 60.9 Å².